The Balaban J connectivity index is 1.70. The van der Waals surface area contributed by atoms with Gasteiger partial charge in [0.05, 0.1) is 12.5 Å². The van der Waals surface area contributed by atoms with E-state index in [0.29, 0.717) is 6.42 Å². The molecule has 1 amide bonds. The van der Waals surface area contributed by atoms with Crippen LogP contribution in [-0.4, -0.2) is 25.1 Å². The van der Waals surface area contributed by atoms with Crippen LogP contribution in [0.15, 0.2) is 30.3 Å². The molecule has 0 saturated carbocycles. The second-order valence-corrected chi connectivity index (χ2v) is 4.27. The first-order valence-electron chi connectivity index (χ1n) is 6.04. The highest BCUT2D eigenvalue weighted by molar-refractivity contribution is 5.77. The maximum Gasteiger partial charge on any atom is 0.247 e. The van der Waals surface area contributed by atoms with Crippen molar-refractivity contribution in [2.24, 2.45) is 0 Å². The molecule has 1 atom stereocenters. The van der Waals surface area contributed by atoms with Crippen LogP contribution < -0.4 is 10.8 Å². The van der Waals surface area contributed by atoms with E-state index in [0.717, 1.165) is 31.5 Å². The predicted octanol–water partition coefficient (Wildman–Crippen LogP) is 1.03. The Hall–Kier alpha value is -1.39. The maximum atomic E-state index is 11.6. The first kappa shape index (κ1) is 12.1. The Morgan fingerprint density at radius 1 is 1.41 bits per heavy atom. The molecule has 2 rings (SSSR count). The Morgan fingerprint density at radius 3 is 2.94 bits per heavy atom. The molecule has 4 nitrogen and oxygen atoms in total. The van der Waals surface area contributed by atoms with Crippen molar-refractivity contribution in [2.75, 3.05) is 13.1 Å². The van der Waals surface area contributed by atoms with Crippen molar-refractivity contribution in [2.45, 2.75) is 25.4 Å². The summed E-state index contributed by atoms with van der Waals surface area (Å²) < 4.78 is 0. The first-order chi connectivity index (χ1) is 8.34. The predicted molar refractivity (Wildman–Crippen MR) is 65.3 cm³/mol. The van der Waals surface area contributed by atoms with Crippen molar-refractivity contribution in [3.63, 3.8) is 0 Å². The zero-order chi connectivity index (χ0) is 11.9. The molecule has 2 N–H and O–H groups in total. The van der Waals surface area contributed by atoms with Crippen LogP contribution in [0.1, 0.15) is 18.4 Å². The molecule has 0 bridgehead atoms. The normalized spacial score (nSPS) is 19.9. The fourth-order valence-electron chi connectivity index (χ4n) is 1.89. The first-order valence-corrected chi connectivity index (χ1v) is 6.04. The standard InChI is InChI=1S/C13H18N2O2/c16-13(9-11-5-2-1-3-6-11)15-17-12-7-4-8-14-10-12/h1-3,5-6,12,14H,4,7-10H2,(H,15,16). The molecule has 1 aromatic carbocycles. The van der Waals surface area contributed by atoms with Crippen LogP contribution in [0.5, 0.6) is 0 Å². The summed E-state index contributed by atoms with van der Waals surface area (Å²) >= 11 is 0. The van der Waals surface area contributed by atoms with E-state index in [1.807, 2.05) is 30.3 Å². The quantitative estimate of drug-likeness (QED) is 0.765. The lowest BCUT2D eigenvalue weighted by molar-refractivity contribution is -0.138. The molecular formula is C13H18N2O2. The van der Waals surface area contributed by atoms with Crippen molar-refractivity contribution in [3.8, 4) is 0 Å². The third kappa shape index (κ3) is 4.17. The molecule has 1 fully saturated rings. The van der Waals surface area contributed by atoms with Crippen LogP contribution in [0, 0.1) is 0 Å². The summed E-state index contributed by atoms with van der Waals surface area (Å²) in [6.45, 7) is 1.85. The van der Waals surface area contributed by atoms with Gasteiger partial charge < -0.3 is 5.32 Å². The molecule has 1 aliphatic heterocycles. The molecule has 0 aromatic heterocycles. The lowest BCUT2D eigenvalue weighted by Gasteiger charge is -2.22. The number of rotatable bonds is 4. The Labute approximate surface area is 101 Å². The smallest absolute Gasteiger partial charge is 0.247 e. The van der Waals surface area contributed by atoms with Gasteiger partial charge in [0.2, 0.25) is 5.91 Å². The molecule has 1 unspecified atom stereocenters. The van der Waals surface area contributed by atoms with Crippen LogP contribution in [0.4, 0.5) is 0 Å². The molecule has 92 valence electrons. The van der Waals surface area contributed by atoms with Gasteiger partial charge in [-0.15, -0.1) is 0 Å². The number of carbonyl (C=O) groups is 1. The third-order valence-corrected chi connectivity index (χ3v) is 2.80. The molecule has 17 heavy (non-hydrogen) atoms. The van der Waals surface area contributed by atoms with Gasteiger partial charge in [0, 0.05) is 6.54 Å². The summed E-state index contributed by atoms with van der Waals surface area (Å²) in [5.41, 5.74) is 3.52. The van der Waals surface area contributed by atoms with E-state index in [2.05, 4.69) is 10.8 Å². The van der Waals surface area contributed by atoms with Gasteiger partial charge in [-0.05, 0) is 24.9 Å². The second kappa shape index (κ2) is 6.37. The number of amides is 1. The van der Waals surface area contributed by atoms with Crippen molar-refractivity contribution in [1.82, 2.24) is 10.8 Å². The summed E-state index contributed by atoms with van der Waals surface area (Å²) in [6.07, 6.45) is 2.56. The second-order valence-electron chi connectivity index (χ2n) is 4.27. The highest BCUT2D eigenvalue weighted by Crippen LogP contribution is 2.04. The Bertz CT molecular complexity index is 348. The van der Waals surface area contributed by atoms with Crippen LogP contribution in [0.3, 0.4) is 0 Å². The van der Waals surface area contributed by atoms with Crippen molar-refractivity contribution in [1.29, 1.82) is 0 Å². The summed E-state index contributed by atoms with van der Waals surface area (Å²) in [5, 5.41) is 3.23. The van der Waals surface area contributed by atoms with Crippen LogP contribution in [0.25, 0.3) is 0 Å². The zero-order valence-electron chi connectivity index (χ0n) is 9.82. The summed E-state index contributed by atoms with van der Waals surface area (Å²) in [5.74, 6) is -0.0956. The fourth-order valence-corrected chi connectivity index (χ4v) is 1.89. The molecule has 1 aliphatic rings. The van der Waals surface area contributed by atoms with Crippen molar-refractivity contribution in [3.05, 3.63) is 35.9 Å². The fraction of sp³-hybridized carbons (Fsp3) is 0.462. The lowest BCUT2D eigenvalue weighted by Crippen LogP contribution is -2.40. The molecular weight excluding hydrogens is 216 g/mol. The van der Waals surface area contributed by atoms with Gasteiger partial charge in [0.1, 0.15) is 0 Å². The minimum absolute atomic E-state index is 0.0956. The van der Waals surface area contributed by atoms with E-state index in [1.165, 1.54) is 0 Å². The van der Waals surface area contributed by atoms with Crippen LogP contribution >= 0.6 is 0 Å². The van der Waals surface area contributed by atoms with Gasteiger partial charge in [-0.2, -0.15) is 0 Å². The number of hydrogen-bond donors (Lipinski definition) is 2. The van der Waals surface area contributed by atoms with E-state index < -0.39 is 0 Å². The molecule has 0 spiro atoms. The lowest BCUT2D eigenvalue weighted by atomic mass is 10.1. The van der Waals surface area contributed by atoms with Gasteiger partial charge >= 0.3 is 0 Å². The number of piperidine rings is 1. The van der Waals surface area contributed by atoms with Gasteiger partial charge in [-0.3, -0.25) is 9.63 Å². The molecule has 1 heterocycles. The van der Waals surface area contributed by atoms with E-state index in [4.69, 9.17) is 4.84 Å². The summed E-state index contributed by atoms with van der Waals surface area (Å²) in [6, 6.07) is 9.65. The molecule has 0 aliphatic carbocycles. The van der Waals surface area contributed by atoms with Gasteiger partial charge in [-0.25, -0.2) is 5.48 Å². The van der Waals surface area contributed by atoms with Crippen molar-refractivity contribution < 1.29 is 9.63 Å². The zero-order valence-corrected chi connectivity index (χ0v) is 9.82. The van der Waals surface area contributed by atoms with E-state index in [-0.39, 0.29) is 12.0 Å². The van der Waals surface area contributed by atoms with Crippen molar-refractivity contribution >= 4 is 5.91 Å². The third-order valence-electron chi connectivity index (χ3n) is 2.80. The van der Waals surface area contributed by atoms with Crippen LogP contribution in [-0.2, 0) is 16.1 Å². The summed E-state index contributed by atoms with van der Waals surface area (Å²) in [7, 11) is 0. The van der Waals surface area contributed by atoms with E-state index >= 15 is 0 Å². The molecule has 0 radical (unpaired) electrons. The average Bonchev–Trinajstić information content (AvgIpc) is 2.39. The minimum atomic E-state index is -0.0956. The van der Waals surface area contributed by atoms with Gasteiger partial charge in [0.25, 0.3) is 0 Å². The Kier molecular flexibility index (Phi) is 4.53. The number of hydrogen-bond acceptors (Lipinski definition) is 3. The SMILES string of the molecule is O=C(Cc1ccccc1)NOC1CCCNC1. The minimum Gasteiger partial charge on any atom is -0.314 e. The van der Waals surface area contributed by atoms with E-state index in [9.17, 15) is 4.79 Å². The molecule has 1 aromatic rings. The number of hydroxylamine groups is 1. The highest BCUT2D eigenvalue weighted by atomic mass is 16.7. The van der Waals surface area contributed by atoms with Gasteiger partial charge in [-0.1, -0.05) is 30.3 Å². The number of carbonyl (C=O) groups excluding carboxylic acids is 1. The average molecular weight is 234 g/mol. The number of benzene rings is 1. The maximum absolute atomic E-state index is 11.6. The van der Waals surface area contributed by atoms with Crippen LogP contribution in [0.2, 0.25) is 0 Å². The molecule has 4 heteroatoms. The monoisotopic (exact) mass is 234 g/mol. The number of nitrogens with one attached hydrogen (secondary N) is 2. The highest BCUT2D eigenvalue weighted by Gasteiger charge is 2.14. The van der Waals surface area contributed by atoms with E-state index in [1.54, 1.807) is 0 Å². The topological polar surface area (TPSA) is 50.4 Å². The van der Waals surface area contributed by atoms with Gasteiger partial charge in [0.15, 0.2) is 0 Å². The Morgan fingerprint density at radius 2 is 2.24 bits per heavy atom. The largest absolute Gasteiger partial charge is 0.314 e. The summed E-state index contributed by atoms with van der Waals surface area (Å²) in [4.78, 5) is 17.0. The molecule has 1 saturated heterocycles.